The zero-order chi connectivity index (χ0) is 16.2. The fraction of sp³-hybridized carbons (Fsp3) is 0.308. The number of aromatic nitrogens is 2. The molecule has 1 aromatic carbocycles. The summed E-state index contributed by atoms with van der Waals surface area (Å²) in [6.45, 7) is 4.00. The van der Waals surface area contributed by atoms with Crippen LogP contribution in [0.25, 0.3) is 11.1 Å². The van der Waals surface area contributed by atoms with Crippen LogP contribution in [-0.2, 0) is 13.2 Å². The van der Waals surface area contributed by atoms with Gasteiger partial charge >= 0.3 is 6.18 Å². The Morgan fingerprint density at radius 3 is 2.24 bits per heavy atom. The van der Waals surface area contributed by atoms with Crippen molar-refractivity contribution in [3.05, 3.63) is 46.3 Å². The summed E-state index contributed by atoms with van der Waals surface area (Å²) < 4.78 is 39.5. The van der Waals surface area contributed by atoms with Crippen LogP contribution in [0.5, 0.6) is 0 Å². The normalized spacial score (nSPS) is 10.8. The van der Waals surface area contributed by atoms with Crippen LogP contribution >= 0.6 is 0 Å². The molecule has 0 radical (unpaired) electrons. The molecule has 0 unspecified atom stereocenters. The Morgan fingerprint density at radius 1 is 1.19 bits per heavy atom. The van der Waals surface area contributed by atoms with Gasteiger partial charge in [-0.2, -0.15) is 18.3 Å². The van der Waals surface area contributed by atoms with E-state index in [2.05, 4.69) is 5.10 Å². The molecular weight excluding hydrogens is 287 g/mol. The molecule has 1 aromatic heterocycles. The molecule has 2 aromatic rings. The van der Waals surface area contributed by atoms with Gasteiger partial charge in [0, 0.05) is 30.9 Å². The Bertz CT molecular complexity index is 636. The van der Waals surface area contributed by atoms with Crippen LogP contribution in [0.4, 0.5) is 18.9 Å². The number of nitro benzene ring substituents is 1. The van der Waals surface area contributed by atoms with E-state index in [0.29, 0.717) is 11.6 Å². The van der Waals surface area contributed by atoms with Crippen LogP contribution in [0.2, 0.25) is 0 Å². The van der Waals surface area contributed by atoms with Crippen molar-refractivity contribution in [2.24, 2.45) is 7.05 Å². The number of rotatable bonds is 2. The molecule has 0 atom stereocenters. The van der Waals surface area contributed by atoms with Gasteiger partial charge in [-0.05, 0) is 11.6 Å². The summed E-state index contributed by atoms with van der Waals surface area (Å²) in [5, 5.41) is 14.5. The highest BCUT2D eigenvalue weighted by molar-refractivity contribution is 5.66. The second-order valence-corrected chi connectivity index (χ2v) is 3.93. The summed E-state index contributed by atoms with van der Waals surface area (Å²) in [6, 6.07) is 2.47. The fourth-order valence-electron chi connectivity index (χ4n) is 1.62. The van der Waals surface area contributed by atoms with E-state index in [1.807, 2.05) is 13.8 Å². The third-order valence-electron chi connectivity index (χ3n) is 2.49. The summed E-state index contributed by atoms with van der Waals surface area (Å²) >= 11 is 0. The molecule has 114 valence electrons. The standard InChI is InChI=1S/C11H8F3N3O2.C2H6/c1-16-6-8(5-15-16)7-2-9(11(12,13)14)4-10(3-7)17(18)19;1-2/h2-6H,1H3;1-2H3. The summed E-state index contributed by atoms with van der Waals surface area (Å²) in [5.41, 5.74) is -1.17. The van der Waals surface area contributed by atoms with Crippen molar-refractivity contribution in [1.29, 1.82) is 0 Å². The van der Waals surface area contributed by atoms with Crippen molar-refractivity contribution in [2.75, 3.05) is 0 Å². The van der Waals surface area contributed by atoms with Gasteiger partial charge in [0.05, 0.1) is 16.7 Å². The first-order valence-electron chi connectivity index (χ1n) is 6.13. The second kappa shape index (κ2) is 6.38. The summed E-state index contributed by atoms with van der Waals surface area (Å²) in [7, 11) is 1.60. The van der Waals surface area contributed by atoms with Gasteiger partial charge in [0.25, 0.3) is 5.69 Å². The first-order chi connectivity index (χ1) is 9.77. The van der Waals surface area contributed by atoms with Gasteiger partial charge in [0.15, 0.2) is 0 Å². The van der Waals surface area contributed by atoms with Crippen LogP contribution in [0.1, 0.15) is 19.4 Å². The van der Waals surface area contributed by atoms with E-state index < -0.39 is 22.4 Å². The maximum absolute atomic E-state index is 12.7. The molecule has 0 aliphatic carbocycles. The fourth-order valence-corrected chi connectivity index (χ4v) is 1.62. The highest BCUT2D eigenvalue weighted by Crippen LogP contribution is 2.35. The highest BCUT2D eigenvalue weighted by Gasteiger charge is 2.33. The van der Waals surface area contributed by atoms with Crippen molar-refractivity contribution >= 4 is 5.69 Å². The molecule has 0 amide bonds. The molecule has 2 rings (SSSR count). The van der Waals surface area contributed by atoms with Gasteiger partial charge in [-0.1, -0.05) is 13.8 Å². The van der Waals surface area contributed by atoms with Crippen LogP contribution in [0.15, 0.2) is 30.6 Å². The third kappa shape index (κ3) is 4.04. The number of halogens is 3. The zero-order valence-corrected chi connectivity index (χ0v) is 11.7. The van der Waals surface area contributed by atoms with Crippen molar-refractivity contribution in [3.8, 4) is 11.1 Å². The van der Waals surface area contributed by atoms with E-state index >= 15 is 0 Å². The van der Waals surface area contributed by atoms with Crippen molar-refractivity contribution in [1.82, 2.24) is 9.78 Å². The average Bonchev–Trinajstić information content (AvgIpc) is 2.86. The molecule has 8 heteroatoms. The van der Waals surface area contributed by atoms with Gasteiger partial charge in [-0.25, -0.2) is 0 Å². The average molecular weight is 301 g/mol. The third-order valence-corrected chi connectivity index (χ3v) is 2.49. The van der Waals surface area contributed by atoms with Gasteiger partial charge in [0.2, 0.25) is 0 Å². The molecule has 21 heavy (non-hydrogen) atoms. The van der Waals surface area contributed by atoms with Crippen molar-refractivity contribution in [2.45, 2.75) is 20.0 Å². The molecule has 0 spiro atoms. The molecule has 1 heterocycles. The largest absolute Gasteiger partial charge is 0.416 e. The molecule has 0 aliphatic heterocycles. The Balaban J connectivity index is 0.00000106. The number of non-ortho nitro benzene ring substituents is 1. The van der Waals surface area contributed by atoms with Crippen molar-refractivity contribution < 1.29 is 18.1 Å². The summed E-state index contributed by atoms with van der Waals surface area (Å²) in [6.07, 6.45) is -1.80. The Kier molecular flexibility index (Phi) is 5.07. The van der Waals surface area contributed by atoms with E-state index in [1.54, 1.807) is 7.05 Å². The van der Waals surface area contributed by atoms with Gasteiger partial charge < -0.3 is 0 Å². The first kappa shape index (κ1) is 16.7. The van der Waals surface area contributed by atoms with E-state index in [-0.39, 0.29) is 5.56 Å². The number of hydrogen-bond acceptors (Lipinski definition) is 3. The van der Waals surface area contributed by atoms with Gasteiger partial charge in [-0.3, -0.25) is 14.8 Å². The number of hydrogen-bond donors (Lipinski definition) is 0. The van der Waals surface area contributed by atoms with E-state index in [1.165, 1.54) is 17.1 Å². The number of alkyl halides is 3. The number of nitrogens with zero attached hydrogens (tertiary/aromatic N) is 3. The molecule has 0 N–H and O–H groups in total. The lowest BCUT2D eigenvalue weighted by molar-refractivity contribution is -0.385. The minimum Gasteiger partial charge on any atom is -0.275 e. The molecule has 0 saturated heterocycles. The monoisotopic (exact) mass is 301 g/mol. The summed E-state index contributed by atoms with van der Waals surface area (Å²) in [4.78, 5) is 9.83. The maximum atomic E-state index is 12.7. The lowest BCUT2D eigenvalue weighted by atomic mass is 10.0. The zero-order valence-electron chi connectivity index (χ0n) is 11.7. The minimum atomic E-state index is -4.64. The predicted octanol–water partition coefficient (Wildman–Crippen LogP) is 4.04. The molecule has 0 aliphatic rings. The quantitative estimate of drug-likeness (QED) is 0.621. The molecule has 0 bridgehead atoms. The van der Waals surface area contributed by atoms with Crippen LogP contribution in [0, 0.1) is 10.1 Å². The smallest absolute Gasteiger partial charge is 0.275 e. The molecule has 0 saturated carbocycles. The van der Waals surface area contributed by atoms with E-state index in [4.69, 9.17) is 0 Å². The Morgan fingerprint density at radius 2 is 1.81 bits per heavy atom. The summed E-state index contributed by atoms with van der Waals surface area (Å²) in [5.74, 6) is 0. The molecular formula is C13H14F3N3O2. The van der Waals surface area contributed by atoms with Crippen molar-refractivity contribution in [3.63, 3.8) is 0 Å². The number of nitro groups is 1. The lowest BCUT2D eigenvalue weighted by Gasteiger charge is -2.08. The maximum Gasteiger partial charge on any atom is 0.416 e. The Hall–Kier alpha value is -2.38. The SMILES string of the molecule is CC.Cn1cc(-c2cc([N+](=O)[O-])cc(C(F)(F)F)c2)cn1. The highest BCUT2D eigenvalue weighted by atomic mass is 19.4. The second-order valence-electron chi connectivity index (χ2n) is 3.93. The van der Waals surface area contributed by atoms with Gasteiger partial charge in [0.1, 0.15) is 0 Å². The lowest BCUT2D eigenvalue weighted by Crippen LogP contribution is -2.06. The predicted molar refractivity (Wildman–Crippen MR) is 71.6 cm³/mol. The number of aryl methyl sites for hydroxylation is 1. The minimum absolute atomic E-state index is 0.106. The van der Waals surface area contributed by atoms with Crippen LogP contribution < -0.4 is 0 Å². The first-order valence-corrected chi connectivity index (χ1v) is 6.13. The molecule has 0 fully saturated rings. The molecule has 5 nitrogen and oxygen atoms in total. The van der Waals surface area contributed by atoms with Crippen LogP contribution in [-0.4, -0.2) is 14.7 Å². The number of benzene rings is 1. The Labute approximate surface area is 119 Å². The van der Waals surface area contributed by atoms with Gasteiger partial charge in [-0.15, -0.1) is 0 Å². The topological polar surface area (TPSA) is 61.0 Å². The van der Waals surface area contributed by atoms with Crippen LogP contribution in [0.3, 0.4) is 0 Å². The van der Waals surface area contributed by atoms with E-state index in [9.17, 15) is 23.3 Å². The van der Waals surface area contributed by atoms with E-state index in [0.717, 1.165) is 12.1 Å².